The van der Waals surface area contributed by atoms with Gasteiger partial charge in [0, 0.05) is 22.4 Å². The summed E-state index contributed by atoms with van der Waals surface area (Å²) >= 11 is 0. The summed E-state index contributed by atoms with van der Waals surface area (Å²) in [7, 11) is 0. The average molecular weight is 236 g/mol. The SMILES string of the molecule is CCC(C)c1nc(C(C)(C)C)c(C(C)(C)C)[nH]1. The van der Waals surface area contributed by atoms with Gasteiger partial charge < -0.3 is 4.98 Å². The maximum atomic E-state index is 4.86. The molecule has 2 nitrogen and oxygen atoms in total. The third-order valence-corrected chi connectivity index (χ3v) is 3.26. The topological polar surface area (TPSA) is 28.7 Å². The molecule has 17 heavy (non-hydrogen) atoms. The highest BCUT2D eigenvalue weighted by Crippen LogP contribution is 2.33. The van der Waals surface area contributed by atoms with Gasteiger partial charge in [0.2, 0.25) is 0 Å². The minimum Gasteiger partial charge on any atom is -0.345 e. The van der Waals surface area contributed by atoms with Gasteiger partial charge in [-0.25, -0.2) is 4.98 Å². The Balaban J connectivity index is 3.32. The Labute approximate surface area is 106 Å². The average Bonchev–Trinajstić information content (AvgIpc) is 2.59. The normalized spacial score (nSPS) is 15.1. The summed E-state index contributed by atoms with van der Waals surface area (Å²) in [6, 6.07) is 0. The van der Waals surface area contributed by atoms with Crippen molar-refractivity contribution < 1.29 is 0 Å². The summed E-state index contributed by atoms with van der Waals surface area (Å²) in [6.45, 7) is 17.9. The van der Waals surface area contributed by atoms with Crippen LogP contribution in [0, 0.1) is 0 Å². The van der Waals surface area contributed by atoms with Crippen LogP contribution in [0.25, 0.3) is 0 Å². The Morgan fingerprint density at radius 3 is 1.88 bits per heavy atom. The van der Waals surface area contributed by atoms with E-state index >= 15 is 0 Å². The molecule has 1 heterocycles. The maximum absolute atomic E-state index is 4.86. The lowest BCUT2D eigenvalue weighted by molar-refractivity contribution is 0.512. The number of imidazole rings is 1. The van der Waals surface area contributed by atoms with E-state index < -0.39 is 0 Å². The first-order valence-corrected chi connectivity index (χ1v) is 6.68. The molecular formula is C15H28N2. The van der Waals surface area contributed by atoms with Gasteiger partial charge in [-0.2, -0.15) is 0 Å². The van der Waals surface area contributed by atoms with E-state index in [1.54, 1.807) is 0 Å². The second-order valence-electron chi connectivity index (χ2n) is 7.15. The van der Waals surface area contributed by atoms with Gasteiger partial charge in [0.25, 0.3) is 0 Å². The number of rotatable bonds is 2. The fraction of sp³-hybridized carbons (Fsp3) is 0.800. The Hall–Kier alpha value is -0.790. The lowest BCUT2D eigenvalue weighted by Gasteiger charge is -2.24. The van der Waals surface area contributed by atoms with E-state index in [4.69, 9.17) is 4.98 Å². The van der Waals surface area contributed by atoms with Crippen LogP contribution in [-0.2, 0) is 10.8 Å². The minimum absolute atomic E-state index is 0.102. The van der Waals surface area contributed by atoms with Crippen LogP contribution in [-0.4, -0.2) is 9.97 Å². The third kappa shape index (κ3) is 3.11. The van der Waals surface area contributed by atoms with Crippen LogP contribution in [0.1, 0.15) is 84.9 Å². The Kier molecular flexibility index (Phi) is 3.75. The molecular weight excluding hydrogens is 208 g/mol. The molecule has 1 unspecified atom stereocenters. The summed E-state index contributed by atoms with van der Waals surface area (Å²) < 4.78 is 0. The molecule has 2 heteroatoms. The van der Waals surface area contributed by atoms with Crippen molar-refractivity contribution in [3.8, 4) is 0 Å². The van der Waals surface area contributed by atoms with Crippen LogP contribution in [0.5, 0.6) is 0 Å². The van der Waals surface area contributed by atoms with E-state index in [-0.39, 0.29) is 10.8 Å². The molecule has 0 aliphatic carbocycles. The van der Waals surface area contributed by atoms with E-state index in [2.05, 4.69) is 60.4 Å². The number of hydrogen-bond acceptors (Lipinski definition) is 1. The molecule has 1 N–H and O–H groups in total. The first-order chi connectivity index (χ1) is 7.57. The number of aromatic amines is 1. The standard InChI is InChI=1S/C15H28N2/c1-9-10(2)13-16-11(14(3,4)5)12(17-13)15(6,7)8/h10H,9H2,1-8H3,(H,16,17). The van der Waals surface area contributed by atoms with E-state index in [0.717, 1.165) is 12.2 Å². The fourth-order valence-electron chi connectivity index (χ4n) is 1.90. The van der Waals surface area contributed by atoms with Crippen LogP contribution < -0.4 is 0 Å². The molecule has 1 aromatic heterocycles. The van der Waals surface area contributed by atoms with Gasteiger partial charge in [0.15, 0.2) is 0 Å². The first kappa shape index (κ1) is 14.3. The van der Waals surface area contributed by atoms with Crippen molar-refractivity contribution in [1.82, 2.24) is 9.97 Å². The molecule has 0 aliphatic rings. The second kappa shape index (κ2) is 4.47. The monoisotopic (exact) mass is 236 g/mol. The number of hydrogen-bond donors (Lipinski definition) is 1. The Morgan fingerprint density at radius 2 is 1.59 bits per heavy atom. The Bertz CT molecular complexity index is 343. The van der Waals surface area contributed by atoms with E-state index in [9.17, 15) is 0 Å². The summed E-state index contributed by atoms with van der Waals surface area (Å²) in [6.07, 6.45) is 1.13. The Morgan fingerprint density at radius 1 is 1.06 bits per heavy atom. The summed E-state index contributed by atoms with van der Waals surface area (Å²) in [4.78, 5) is 8.43. The molecule has 0 bridgehead atoms. The molecule has 0 amide bonds. The minimum atomic E-state index is 0.102. The molecule has 0 spiro atoms. The molecule has 1 aromatic rings. The van der Waals surface area contributed by atoms with Crippen LogP contribution in [0.3, 0.4) is 0 Å². The molecule has 0 saturated carbocycles. The van der Waals surface area contributed by atoms with Gasteiger partial charge in [-0.3, -0.25) is 0 Å². The van der Waals surface area contributed by atoms with Gasteiger partial charge >= 0.3 is 0 Å². The van der Waals surface area contributed by atoms with Crippen molar-refractivity contribution in [2.75, 3.05) is 0 Å². The number of aromatic nitrogens is 2. The predicted octanol–water partition coefficient (Wildman–Crippen LogP) is 4.52. The van der Waals surface area contributed by atoms with Crippen molar-refractivity contribution in [1.29, 1.82) is 0 Å². The quantitative estimate of drug-likeness (QED) is 0.803. The predicted molar refractivity (Wildman–Crippen MR) is 74.7 cm³/mol. The highest BCUT2D eigenvalue weighted by atomic mass is 15.0. The molecule has 0 aromatic carbocycles. The number of nitrogens with one attached hydrogen (secondary N) is 1. The van der Waals surface area contributed by atoms with Gasteiger partial charge in [0.1, 0.15) is 5.82 Å². The maximum Gasteiger partial charge on any atom is 0.109 e. The van der Waals surface area contributed by atoms with Crippen LogP contribution in [0.15, 0.2) is 0 Å². The molecule has 0 saturated heterocycles. The fourth-order valence-corrected chi connectivity index (χ4v) is 1.90. The summed E-state index contributed by atoms with van der Waals surface area (Å²) in [5.41, 5.74) is 2.74. The number of H-pyrrole nitrogens is 1. The summed E-state index contributed by atoms with van der Waals surface area (Å²) in [5.74, 6) is 1.65. The van der Waals surface area contributed by atoms with Crippen molar-refractivity contribution >= 4 is 0 Å². The third-order valence-electron chi connectivity index (χ3n) is 3.26. The zero-order valence-corrected chi connectivity index (χ0v) is 12.7. The van der Waals surface area contributed by atoms with Crippen LogP contribution in [0.2, 0.25) is 0 Å². The number of nitrogens with zero attached hydrogens (tertiary/aromatic N) is 1. The zero-order chi connectivity index (χ0) is 13.4. The van der Waals surface area contributed by atoms with E-state index in [0.29, 0.717) is 5.92 Å². The first-order valence-electron chi connectivity index (χ1n) is 6.68. The zero-order valence-electron chi connectivity index (χ0n) is 12.7. The van der Waals surface area contributed by atoms with Crippen molar-refractivity contribution in [3.05, 3.63) is 17.2 Å². The van der Waals surface area contributed by atoms with Gasteiger partial charge in [0.05, 0.1) is 5.69 Å². The largest absolute Gasteiger partial charge is 0.345 e. The van der Waals surface area contributed by atoms with E-state index in [1.807, 2.05) is 0 Å². The highest BCUT2D eigenvalue weighted by Gasteiger charge is 2.29. The van der Waals surface area contributed by atoms with Crippen molar-refractivity contribution in [2.45, 2.75) is 78.6 Å². The second-order valence-corrected chi connectivity index (χ2v) is 7.15. The highest BCUT2D eigenvalue weighted by molar-refractivity contribution is 5.28. The summed E-state index contributed by atoms with van der Waals surface area (Å²) in [5, 5.41) is 0. The van der Waals surface area contributed by atoms with Gasteiger partial charge in [-0.15, -0.1) is 0 Å². The van der Waals surface area contributed by atoms with Crippen molar-refractivity contribution in [3.63, 3.8) is 0 Å². The van der Waals surface area contributed by atoms with Gasteiger partial charge in [-0.1, -0.05) is 55.4 Å². The molecule has 98 valence electrons. The molecule has 0 fully saturated rings. The van der Waals surface area contributed by atoms with E-state index in [1.165, 1.54) is 11.4 Å². The molecule has 1 rings (SSSR count). The molecule has 0 aliphatic heterocycles. The molecule has 1 atom stereocenters. The lowest BCUT2D eigenvalue weighted by Crippen LogP contribution is -2.21. The van der Waals surface area contributed by atoms with Crippen LogP contribution >= 0.6 is 0 Å². The van der Waals surface area contributed by atoms with Crippen molar-refractivity contribution in [2.24, 2.45) is 0 Å². The van der Waals surface area contributed by atoms with Gasteiger partial charge in [-0.05, 0) is 6.42 Å². The smallest absolute Gasteiger partial charge is 0.109 e. The van der Waals surface area contributed by atoms with Crippen LogP contribution in [0.4, 0.5) is 0 Å². The lowest BCUT2D eigenvalue weighted by atomic mass is 9.82. The molecule has 0 radical (unpaired) electrons.